The van der Waals surface area contributed by atoms with E-state index in [-0.39, 0.29) is 23.8 Å². The summed E-state index contributed by atoms with van der Waals surface area (Å²) in [7, 11) is 0. The van der Waals surface area contributed by atoms with Crippen molar-refractivity contribution in [3.63, 3.8) is 0 Å². The second kappa shape index (κ2) is 5.11. The smallest absolute Gasteiger partial charge is 0.224 e. The van der Waals surface area contributed by atoms with Crippen LogP contribution < -0.4 is 11.5 Å². The number of likely N-dealkylation sites (tertiary alicyclic amines) is 1. The number of nitrogens with zero attached hydrogens (tertiary/aromatic N) is 1. The van der Waals surface area contributed by atoms with E-state index in [4.69, 9.17) is 11.5 Å². The van der Waals surface area contributed by atoms with Crippen molar-refractivity contribution in [2.45, 2.75) is 32.2 Å². The van der Waals surface area contributed by atoms with E-state index in [1.54, 1.807) is 4.90 Å². The van der Waals surface area contributed by atoms with E-state index in [1.807, 2.05) is 6.92 Å². The predicted molar refractivity (Wildman–Crippen MR) is 56.8 cm³/mol. The first-order valence-electron chi connectivity index (χ1n) is 5.35. The van der Waals surface area contributed by atoms with Crippen molar-refractivity contribution in [1.29, 1.82) is 0 Å². The Bertz CT molecular complexity index is 255. The van der Waals surface area contributed by atoms with E-state index < -0.39 is 0 Å². The molecule has 0 radical (unpaired) electrons. The molecule has 4 N–H and O–H groups in total. The zero-order chi connectivity index (χ0) is 11.4. The molecule has 2 amide bonds. The van der Waals surface area contributed by atoms with Crippen LogP contribution in [0.3, 0.4) is 0 Å². The maximum absolute atomic E-state index is 11.7. The van der Waals surface area contributed by atoms with Crippen LogP contribution in [0.25, 0.3) is 0 Å². The van der Waals surface area contributed by atoms with Gasteiger partial charge in [0.25, 0.3) is 0 Å². The molecule has 1 rings (SSSR count). The Morgan fingerprint density at radius 1 is 1.40 bits per heavy atom. The maximum Gasteiger partial charge on any atom is 0.224 e. The number of piperidine rings is 1. The number of nitrogens with two attached hydrogens (primary N) is 2. The summed E-state index contributed by atoms with van der Waals surface area (Å²) in [5.74, 6) is -0.480. The number of hydrogen-bond acceptors (Lipinski definition) is 3. The first-order valence-corrected chi connectivity index (χ1v) is 5.35. The third-order valence-corrected chi connectivity index (χ3v) is 2.96. The highest BCUT2D eigenvalue weighted by Gasteiger charge is 2.30. The van der Waals surface area contributed by atoms with Gasteiger partial charge in [-0.05, 0) is 19.8 Å². The molecule has 86 valence electrons. The van der Waals surface area contributed by atoms with Gasteiger partial charge in [0.05, 0.1) is 5.92 Å². The molecule has 1 heterocycles. The Morgan fingerprint density at radius 3 is 2.60 bits per heavy atom. The highest BCUT2D eigenvalue weighted by atomic mass is 16.2. The maximum atomic E-state index is 11.7. The highest BCUT2D eigenvalue weighted by Crippen LogP contribution is 2.22. The van der Waals surface area contributed by atoms with Crippen LogP contribution in [-0.2, 0) is 9.59 Å². The molecule has 1 aliphatic rings. The lowest BCUT2D eigenvalue weighted by molar-refractivity contribution is -0.137. The summed E-state index contributed by atoms with van der Waals surface area (Å²) in [6.07, 6.45) is 1.96. The van der Waals surface area contributed by atoms with Gasteiger partial charge in [0.1, 0.15) is 0 Å². The predicted octanol–water partition coefficient (Wildman–Crippen LogP) is -0.552. The minimum atomic E-state index is -0.313. The lowest BCUT2D eigenvalue weighted by atomic mass is 9.92. The quantitative estimate of drug-likeness (QED) is 0.659. The topological polar surface area (TPSA) is 89.4 Å². The van der Waals surface area contributed by atoms with E-state index in [9.17, 15) is 9.59 Å². The Labute approximate surface area is 89.8 Å². The van der Waals surface area contributed by atoms with Gasteiger partial charge in [-0.25, -0.2) is 0 Å². The van der Waals surface area contributed by atoms with Crippen LogP contribution in [0.5, 0.6) is 0 Å². The summed E-state index contributed by atoms with van der Waals surface area (Å²) >= 11 is 0. The average molecular weight is 213 g/mol. The second-order valence-electron chi connectivity index (χ2n) is 4.11. The van der Waals surface area contributed by atoms with Crippen molar-refractivity contribution in [2.75, 3.05) is 13.1 Å². The number of carbonyl (C=O) groups excluding carboxylic acids is 2. The van der Waals surface area contributed by atoms with Crippen molar-refractivity contribution in [3.05, 3.63) is 0 Å². The van der Waals surface area contributed by atoms with E-state index in [1.165, 1.54) is 0 Å². The Kier molecular flexibility index (Phi) is 4.08. The van der Waals surface area contributed by atoms with Gasteiger partial charge < -0.3 is 16.4 Å². The SMILES string of the molecule is CC1CCC(C(N)=O)CN1C(=O)CCN. The van der Waals surface area contributed by atoms with E-state index in [2.05, 4.69) is 0 Å². The van der Waals surface area contributed by atoms with Crippen LogP contribution in [0.1, 0.15) is 26.2 Å². The van der Waals surface area contributed by atoms with Gasteiger partial charge in [-0.3, -0.25) is 9.59 Å². The molecule has 1 fully saturated rings. The van der Waals surface area contributed by atoms with Gasteiger partial charge in [0.15, 0.2) is 0 Å². The molecule has 0 aromatic heterocycles. The summed E-state index contributed by atoms with van der Waals surface area (Å²) in [5, 5.41) is 0. The summed E-state index contributed by atoms with van der Waals surface area (Å²) in [4.78, 5) is 24.4. The third kappa shape index (κ3) is 2.92. The molecule has 2 atom stereocenters. The van der Waals surface area contributed by atoms with Crippen LogP contribution in [0, 0.1) is 5.92 Å². The number of primary amides is 1. The van der Waals surface area contributed by atoms with Crippen molar-refractivity contribution in [2.24, 2.45) is 17.4 Å². The lowest BCUT2D eigenvalue weighted by Gasteiger charge is -2.36. The highest BCUT2D eigenvalue weighted by molar-refractivity contribution is 5.80. The molecule has 0 aliphatic carbocycles. The molecule has 0 saturated carbocycles. The van der Waals surface area contributed by atoms with Crippen molar-refractivity contribution < 1.29 is 9.59 Å². The second-order valence-corrected chi connectivity index (χ2v) is 4.11. The number of carbonyl (C=O) groups is 2. The van der Waals surface area contributed by atoms with E-state index in [0.29, 0.717) is 19.5 Å². The van der Waals surface area contributed by atoms with Crippen LogP contribution in [-0.4, -0.2) is 35.8 Å². The molecule has 0 aromatic carbocycles. The molecule has 15 heavy (non-hydrogen) atoms. The molecule has 0 bridgehead atoms. The number of hydrogen-bond donors (Lipinski definition) is 2. The molecule has 5 heteroatoms. The van der Waals surface area contributed by atoms with Gasteiger partial charge in [-0.2, -0.15) is 0 Å². The first kappa shape index (κ1) is 12.0. The van der Waals surface area contributed by atoms with Crippen molar-refractivity contribution >= 4 is 11.8 Å². The van der Waals surface area contributed by atoms with Crippen molar-refractivity contribution in [1.82, 2.24) is 4.90 Å². The third-order valence-electron chi connectivity index (χ3n) is 2.96. The average Bonchev–Trinajstić information content (AvgIpc) is 2.18. The largest absolute Gasteiger partial charge is 0.369 e. The molecular formula is C10H19N3O2. The molecule has 1 saturated heterocycles. The zero-order valence-corrected chi connectivity index (χ0v) is 9.11. The normalized spacial score (nSPS) is 26.4. The molecule has 2 unspecified atom stereocenters. The summed E-state index contributed by atoms with van der Waals surface area (Å²) in [5.41, 5.74) is 10.6. The standard InChI is InChI=1S/C10H19N3O2/c1-7-2-3-8(10(12)15)6-13(7)9(14)4-5-11/h7-8H,2-6,11H2,1H3,(H2,12,15). The zero-order valence-electron chi connectivity index (χ0n) is 9.11. The van der Waals surface area contributed by atoms with Crippen LogP contribution in [0.2, 0.25) is 0 Å². The molecule has 5 nitrogen and oxygen atoms in total. The van der Waals surface area contributed by atoms with Gasteiger partial charge in [-0.15, -0.1) is 0 Å². The number of rotatable bonds is 3. The number of amides is 2. The minimum Gasteiger partial charge on any atom is -0.369 e. The Balaban J connectivity index is 2.60. The Hall–Kier alpha value is -1.10. The molecule has 0 aromatic rings. The minimum absolute atomic E-state index is 0.0240. The summed E-state index contributed by atoms with van der Waals surface area (Å²) in [6.45, 7) is 2.80. The van der Waals surface area contributed by atoms with Crippen LogP contribution in [0.15, 0.2) is 0 Å². The fourth-order valence-electron chi connectivity index (χ4n) is 1.95. The van der Waals surface area contributed by atoms with Gasteiger partial charge in [-0.1, -0.05) is 0 Å². The fourth-order valence-corrected chi connectivity index (χ4v) is 1.95. The van der Waals surface area contributed by atoms with Gasteiger partial charge in [0.2, 0.25) is 11.8 Å². The first-order chi connectivity index (χ1) is 7.06. The molecular weight excluding hydrogens is 194 g/mol. The summed E-state index contributed by atoms with van der Waals surface area (Å²) in [6, 6.07) is 0.194. The summed E-state index contributed by atoms with van der Waals surface area (Å²) < 4.78 is 0. The van der Waals surface area contributed by atoms with Crippen LogP contribution in [0.4, 0.5) is 0 Å². The fraction of sp³-hybridized carbons (Fsp3) is 0.800. The molecule has 1 aliphatic heterocycles. The van der Waals surface area contributed by atoms with E-state index >= 15 is 0 Å². The van der Waals surface area contributed by atoms with Crippen molar-refractivity contribution in [3.8, 4) is 0 Å². The lowest BCUT2D eigenvalue weighted by Crippen LogP contribution is -2.48. The molecule has 0 spiro atoms. The Morgan fingerprint density at radius 2 is 2.07 bits per heavy atom. The van der Waals surface area contributed by atoms with Crippen LogP contribution >= 0.6 is 0 Å². The monoisotopic (exact) mass is 213 g/mol. The van der Waals surface area contributed by atoms with Gasteiger partial charge >= 0.3 is 0 Å². The van der Waals surface area contributed by atoms with E-state index in [0.717, 1.165) is 12.8 Å². The van der Waals surface area contributed by atoms with Gasteiger partial charge in [0, 0.05) is 25.6 Å².